The SMILES string of the molecule is C[Si](C)(C)CCOCn1nc(-c2ccccc2)nc1-c1c(-c2ccccc2)ccnc1F. The van der Waals surface area contributed by atoms with Crippen LogP contribution < -0.4 is 0 Å². The van der Waals surface area contributed by atoms with E-state index in [4.69, 9.17) is 9.72 Å². The molecule has 0 radical (unpaired) electrons. The summed E-state index contributed by atoms with van der Waals surface area (Å²) in [6, 6.07) is 22.2. The van der Waals surface area contributed by atoms with E-state index in [1.54, 1.807) is 10.7 Å². The Balaban J connectivity index is 1.77. The minimum Gasteiger partial charge on any atom is -0.359 e. The number of ether oxygens (including phenoxy) is 1. The average Bonchev–Trinajstić information content (AvgIpc) is 3.21. The van der Waals surface area contributed by atoms with Crippen LogP contribution in [0.15, 0.2) is 72.9 Å². The smallest absolute Gasteiger partial charge is 0.224 e. The second kappa shape index (κ2) is 9.54. The van der Waals surface area contributed by atoms with Gasteiger partial charge in [-0.15, -0.1) is 5.10 Å². The van der Waals surface area contributed by atoms with Crippen molar-refractivity contribution in [3.8, 4) is 33.9 Å². The normalized spacial score (nSPS) is 11.6. The predicted molar refractivity (Wildman–Crippen MR) is 128 cm³/mol. The van der Waals surface area contributed by atoms with E-state index in [2.05, 4.69) is 29.7 Å². The van der Waals surface area contributed by atoms with Crippen molar-refractivity contribution in [3.05, 3.63) is 78.9 Å². The average molecular weight is 447 g/mol. The Bertz CT molecular complexity index is 1170. The summed E-state index contributed by atoms with van der Waals surface area (Å²) in [6.45, 7) is 7.75. The molecule has 5 nitrogen and oxygen atoms in total. The molecule has 0 aliphatic rings. The van der Waals surface area contributed by atoms with Crippen molar-refractivity contribution >= 4 is 8.07 Å². The molecule has 7 heteroatoms. The van der Waals surface area contributed by atoms with Gasteiger partial charge in [0.1, 0.15) is 6.73 Å². The lowest BCUT2D eigenvalue weighted by molar-refractivity contribution is 0.0797. The first-order valence-corrected chi connectivity index (χ1v) is 14.4. The summed E-state index contributed by atoms with van der Waals surface area (Å²) < 4.78 is 22.7. The largest absolute Gasteiger partial charge is 0.359 e. The van der Waals surface area contributed by atoms with Crippen molar-refractivity contribution in [2.45, 2.75) is 32.4 Å². The highest BCUT2D eigenvalue weighted by atomic mass is 28.3. The zero-order chi connectivity index (χ0) is 22.6. The number of pyridine rings is 1. The number of hydrogen-bond acceptors (Lipinski definition) is 4. The van der Waals surface area contributed by atoms with Crippen LogP contribution in [0.1, 0.15) is 0 Å². The summed E-state index contributed by atoms with van der Waals surface area (Å²) in [7, 11) is -1.22. The molecule has 0 fully saturated rings. The van der Waals surface area contributed by atoms with Crippen LogP contribution in [0.4, 0.5) is 4.39 Å². The van der Waals surface area contributed by atoms with Gasteiger partial charge in [-0.3, -0.25) is 0 Å². The highest BCUT2D eigenvalue weighted by molar-refractivity contribution is 6.76. The first-order valence-electron chi connectivity index (χ1n) is 10.7. The third-order valence-corrected chi connectivity index (χ3v) is 6.83. The van der Waals surface area contributed by atoms with Crippen molar-refractivity contribution < 1.29 is 9.13 Å². The molecule has 32 heavy (non-hydrogen) atoms. The molecule has 4 rings (SSSR count). The van der Waals surface area contributed by atoms with Crippen molar-refractivity contribution in [1.82, 2.24) is 19.7 Å². The zero-order valence-electron chi connectivity index (χ0n) is 18.6. The molecule has 0 bridgehead atoms. The standard InChI is InChI=1S/C25H27FN4OSi/c1-32(2,3)17-16-31-18-30-25(28-24(29-30)20-12-8-5-9-13-20)22-21(14-15-27-23(22)26)19-10-6-4-7-11-19/h4-15H,16-18H2,1-3H3. The predicted octanol–water partition coefficient (Wildman–Crippen LogP) is 6.13. The summed E-state index contributed by atoms with van der Waals surface area (Å²) in [4.78, 5) is 8.64. The Morgan fingerprint density at radius 3 is 2.22 bits per heavy atom. The van der Waals surface area contributed by atoms with Crippen molar-refractivity contribution in [3.63, 3.8) is 0 Å². The first kappa shape index (κ1) is 22.0. The van der Waals surface area contributed by atoms with E-state index >= 15 is 4.39 Å². The number of nitrogens with zero attached hydrogens (tertiary/aromatic N) is 4. The van der Waals surface area contributed by atoms with Crippen molar-refractivity contribution in [1.29, 1.82) is 0 Å². The molecule has 0 unspecified atom stereocenters. The molecular weight excluding hydrogens is 419 g/mol. The van der Waals surface area contributed by atoms with Crippen molar-refractivity contribution in [2.24, 2.45) is 0 Å². The quantitative estimate of drug-likeness (QED) is 0.186. The van der Waals surface area contributed by atoms with Gasteiger partial charge >= 0.3 is 0 Å². The molecule has 2 aromatic carbocycles. The van der Waals surface area contributed by atoms with Crippen LogP contribution >= 0.6 is 0 Å². The van der Waals surface area contributed by atoms with Gasteiger partial charge in [-0.05, 0) is 23.2 Å². The van der Waals surface area contributed by atoms with Gasteiger partial charge in [0.25, 0.3) is 0 Å². The van der Waals surface area contributed by atoms with Gasteiger partial charge in [0.2, 0.25) is 5.95 Å². The Kier molecular flexibility index (Phi) is 6.57. The summed E-state index contributed by atoms with van der Waals surface area (Å²) >= 11 is 0. The van der Waals surface area contributed by atoms with Crippen LogP contribution in [0.25, 0.3) is 33.9 Å². The van der Waals surface area contributed by atoms with E-state index in [1.807, 2.05) is 60.7 Å². The molecule has 2 heterocycles. The molecule has 0 amide bonds. The van der Waals surface area contributed by atoms with Crippen LogP contribution in [-0.2, 0) is 11.5 Å². The van der Waals surface area contributed by atoms with Crippen LogP contribution in [0, 0.1) is 5.95 Å². The molecule has 2 aromatic heterocycles. The lowest BCUT2D eigenvalue weighted by Gasteiger charge is -2.16. The number of aromatic nitrogens is 4. The fourth-order valence-electron chi connectivity index (χ4n) is 3.36. The summed E-state index contributed by atoms with van der Waals surface area (Å²) in [5.74, 6) is 0.347. The lowest BCUT2D eigenvalue weighted by Crippen LogP contribution is -2.22. The van der Waals surface area contributed by atoms with E-state index in [9.17, 15) is 0 Å². The molecule has 0 saturated heterocycles. The molecule has 0 spiro atoms. The molecule has 0 saturated carbocycles. The third-order valence-electron chi connectivity index (χ3n) is 5.13. The van der Waals surface area contributed by atoms with E-state index in [-0.39, 0.29) is 6.73 Å². The van der Waals surface area contributed by atoms with E-state index in [0.29, 0.717) is 29.4 Å². The van der Waals surface area contributed by atoms with E-state index in [0.717, 1.165) is 17.2 Å². The van der Waals surface area contributed by atoms with Crippen LogP contribution in [0.3, 0.4) is 0 Å². The summed E-state index contributed by atoms with van der Waals surface area (Å²) in [6.07, 6.45) is 1.48. The van der Waals surface area contributed by atoms with Crippen LogP contribution in [0.5, 0.6) is 0 Å². The molecule has 0 atom stereocenters. The first-order chi connectivity index (χ1) is 15.4. The van der Waals surface area contributed by atoms with Gasteiger partial charge in [-0.25, -0.2) is 14.6 Å². The maximum absolute atomic E-state index is 15.1. The highest BCUT2D eigenvalue weighted by Gasteiger charge is 2.22. The number of halogens is 1. The van der Waals surface area contributed by atoms with Gasteiger partial charge in [-0.1, -0.05) is 80.3 Å². The van der Waals surface area contributed by atoms with E-state index in [1.165, 1.54) is 6.20 Å². The molecule has 0 aliphatic carbocycles. The van der Waals surface area contributed by atoms with Crippen molar-refractivity contribution in [2.75, 3.05) is 6.61 Å². The van der Waals surface area contributed by atoms with Gasteiger partial charge in [0.05, 0.1) is 5.56 Å². The fraction of sp³-hybridized carbons (Fsp3) is 0.240. The molecule has 164 valence electrons. The minimum atomic E-state index is -1.22. The van der Waals surface area contributed by atoms with Crippen LogP contribution in [0.2, 0.25) is 25.7 Å². The lowest BCUT2D eigenvalue weighted by atomic mass is 10.0. The molecule has 0 aliphatic heterocycles. The Morgan fingerprint density at radius 2 is 1.56 bits per heavy atom. The third kappa shape index (κ3) is 5.18. The minimum absolute atomic E-state index is 0.197. The Labute approximate surface area is 188 Å². The van der Waals surface area contributed by atoms with Gasteiger partial charge < -0.3 is 4.74 Å². The number of hydrogen-bond donors (Lipinski definition) is 0. The summed E-state index contributed by atoms with van der Waals surface area (Å²) in [5.41, 5.74) is 2.79. The molecule has 0 N–H and O–H groups in total. The fourth-order valence-corrected chi connectivity index (χ4v) is 4.12. The molecule has 4 aromatic rings. The number of benzene rings is 2. The monoisotopic (exact) mass is 446 g/mol. The van der Waals surface area contributed by atoms with E-state index < -0.39 is 14.0 Å². The maximum atomic E-state index is 15.1. The Hall–Kier alpha value is -3.16. The van der Waals surface area contributed by atoms with Gasteiger partial charge in [0, 0.05) is 26.4 Å². The van der Waals surface area contributed by atoms with Gasteiger partial charge in [-0.2, -0.15) is 4.39 Å². The highest BCUT2D eigenvalue weighted by Crippen LogP contribution is 2.33. The Morgan fingerprint density at radius 1 is 0.906 bits per heavy atom. The summed E-state index contributed by atoms with van der Waals surface area (Å²) in [5, 5.41) is 4.66. The zero-order valence-corrected chi connectivity index (χ0v) is 19.6. The van der Waals surface area contributed by atoms with Crippen LogP contribution in [-0.4, -0.2) is 34.4 Å². The topological polar surface area (TPSA) is 52.8 Å². The second-order valence-corrected chi connectivity index (χ2v) is 14.5. The maximum Gasteiger partial charge on any atom is 0.224 e. The number of rotatable bonds is 8. The molecular formula is C25H27FN4OSi. The van der Waals surface area contributed by atoms with Gasteiger partial charge in [0.15, 0.2) is 11.6 Å². The second-order valence-electron chi connectivity index (χ2n) is 8.86.